The van der Waals surface area contributed by atoms with Crippen molar-refractivity contribution in [2.75, 3.05) is 0 Å². The van der Waals surface area contributed by atoms with Gasteiger partial charge >= 0.3 is 0 Å². The molecule has 4 nitrogen and oxygen atoms in total. The fourth-order valence-corrected chi connectivity index (χ4v) is 1.63. The molecule has 0 aliphatic heterocycles. The molecule has 0 radical (unpaired) electrons. The number of nitrogens with zero attached hydrogens (tertiary/aromatic N) is 3. The van der Waals surface area contributed by atoms with Crippen LogP contribution in [0.3, 0.4) is 0 Å². The van der Waals surface area contributed by atoms with Crippen LogP contribution in [-0.4, -0.2) is 15.2 Å². The number of furan rings is 1. The molecule has 0 aliphatic carbocycles. The van der Waals surface area contributed by atoms with Gasteiger partial charge in [-0.2, -0.15) is 10.2 Å². The molecule has 3 aromatic rings. The predicted molar refractivity (Wildman–Crippen MR) is 51.8 cm³/mol. The summed E-state index contributed by atoms with van der Waals surface area (Å²) in [6.45, 7) is 1.91. The lowest BCUT2D eigenvalue weighted by Gasteiger charge is -1.90. The van der Waals surface area contributed by atoms with Crippen molar-refractivity contribution in [2.24, 2.45) is 0 Å². The van der Waals surface area contributed by atoms with Gasteiger partial charge in [-0.3, -0.25) is 0 Å². The summed E-state index contributed by atoms with van der Waals surface area (Å²) in [5.74, 6) is 0. The summed E-state index contributed by atoms with van der Waals surface area (Å²) in [7, 11) is 0. The molecule has 0 amide bonds. The van der Waals surface area contributed by atoms with Crippen molar-refractivity contribution < 1.29 is 4.42 Å². The summed E-state index contributed by atoms with van der Waals surface area (Å²) in [6, 6.07) is 3.86. The molecule has 0 saturated carbocycles. The van der Waals surface area contributed by atoms with E-state index in [1.165, 1.54) is 0 Å². The Kier molecular flexibility index (Phi) is 1.33. The van der Waals surface area contributed by atoms with Crippen molar-refractivity contribution in [3.63, 3.8) is 0 Å². The smallest absolute Gasteiger partial charge is 0.227 e. The second-order valence-electron chi connectivity index (χ2n) is 3.13. The minimum absolute atomic E-state index is 0.639. The Morgan fingerprint density at radius 3 is 3.21 bits per heavy atom. The summed E-state index contributed by atoms with van der Waals surface area (Å²) >= 11 is 0. The van der Waals surface area contributed by atoms with E-state index < -0.39 is 0 Å². The Bertz CT molecular complexity index is 615. The van der Waals surface area contributed by atoms with E-state index in [4.69, 9.17) is 4.42 Å². The predicted octanol–water partition coefficient (Wildman–Crippen LogP) is 2.08. The number of rotatable bonds is 0. The molecule has 0 fully saturated rings. The molecule has 0 spiro atoms. The normalized spacial score (nSPS) is 11.2. The van der Waals surface area contributed by atoms with E-state index in [-0.39, 0.29) is 0 Å². The highest BCUT2D eigenvalue weighted by atomic mass is 16.3. The summed E-state index contributed by atoms with van der Waals surface area (Å²) in [5.41, 5.74) is 2.25. The summed E-state index contributed by atoms with van der Waals surface area (Å²) in [6.07, 6.45) is 3.32. The lowest BCUT2D eigenvalue weighted by atomic mass is 10.2. The molecule has 0 unspecified atom stereocenters. The quantitative estimate of drug-likeness (QED) is 0.538. The van der Waals surface area contributed by atoms with Crippen LogP contribution in [0.25, 0.3) is 22.1 Å². The van der Waals surface area contributed by atoms with E-state index in [0.717, 1.165) is 22.0 Å². The van der Waals surface area contributed by atoms with E-state index in [1.807, 2.05) is 19.1 Å². The van der Waals surface area contributed by atoms with Crippen molar-refractivity contribution in [3.8, 4) is 0 Å². The second kappa shape index (κ2) is 2.51. The number of hydrogen-bond donors (Lipinski definition) is 0. The molecule has 68 valence electrons. The van der Waals surface area contributed by atoms with Gasteiger partial charge < -0.3 is 4.42 Å². The topological polar surface area (TPSA) is 51.8 Å². The number of fused-ring (bicyclic) bond motifs is 3. The maximum atomic E-state index is 5.52. The van der Waals surface area contributed by atoms with E-state index in [1.54, 1.807) is 12.4 Å². The third-order valence-corrected chi connectivity index (χ3v) is 2.24. The van der Waals surface area contributed by atoms with Crippen LogP contribution >= 0.6 is 0 Å². The largest absolute Gasteiger partial charge is 0.436 e. The number of aromatic nitrogens is 3. The lowest BCUT2D eigenvalue weighted by molar-refractivity contribution is 0.650. The summed E-state index contributed by atoms with van der Waals surface area (Å²) in [5, 5.41) is 9.83. The van der Waals surface area contributed by atoms with Crippen LogP contribution in [0, 0.1) is 6.92 Å². The molecule has 0 aliphatic rings. The molecule has 3 heterocycles. The SMILES string of the molecule is Cc1nncc2oc3ncccc3c12. The maximum absolute atomic E-state index is 5.52. The lowest BCUT2D eigenvalue weighted by Crippen LogP contribution is -1.84. The van der Waals surface area contributed by atoms with Crippen LogP contribution in [0.15, 0.2) is 28.9 Å². The summed E-state index contributed by atoms with van der Waals surface area (Å²) < 4.78 is 5.52. The van der Waals surface area contributed by atoms with Gasteiger partial charge in [-0.1, -0.05) is 0 Å². The van der Waals surface area contributed by atoms with E-state index in [9.17, 15) is 0 Å². The average Bonchev–Trinajstić information content (AvgIpc) is 2.57. The fourth-order valence-electron chi connectivity index (χ4n) is 1.63. The highest BCUT2D eigenvalue weighted by Crippen LogP contribution is 2.27. The molecule has 0 N–H and O–H groups in total. The highest BCUT2D eigenvalue weighted by Gasteiger charge is 2.09. The first kappa shape index (κ1) is 7.44. The van der Waals surface area contributed by atoms with Crippen molar-refractivity contribution in [2.45, 2.75) is 6.92 Å². The zero-order valence-electron chi connectivity index (χ0n) is 7.56. The Morgan fingerprint density at radius 2 is 2.29 bits per heavy atom. The first-order chi connectivity index (χ1) is 6.86. The molecule has 0 aromatic carbocycles. The van der Waals surface area contributed by atoms with Crippen molar-refractivity contribution in [1.82, 2.24) is 15.2 Å². The third-order valence-electron chi connectivity index (χ3n) is 2.24. The third kappa shape index (κ3) is 0.849. The van der Waals surface area contributed by atoms with Crippen molar-refractivity contribution in [3.05, 3.63) is 30.2 Å². The molecule has 14 heavy (non-hydrogen) atoms. The van der Waals surface area contributed by atoms with Gasteiger partial charge in [0.05, 0.1) is 22.7 Å². The van der Waals surface area contributed by atoms with Gasteiger partial charge in [-0.25, -0.2) is 4.98 Å². The first-order valence-electron chi connectivity index (χ1n) is 4.32. The Labute approximate surface area is 79.6 Å². The van der Waals surface area contributed by atoms with Crippen LogP contribution in [0.1, 0.15) is 5.69 Å². The van der Waals surface area contributed by atoms with Crippen LogP contribution in [0.5, 0.6) is 0 Å². The van der Waals surface area contributed by atoms with Crippen molar-refractivity contribution in [1.29, 1.82) is 0 Å². The Hall–Kier alpha value is -1.97. The standard InChI is InChI=1S/C10H7N3O/c1-6-9-7-3-2-4-11-10(7)14-8(9)5-12-13-6/h2-5H,1H3. The molecule has 0 atom stereocenters. The summed E-state index contributed by atoms with van der Waals surface area (Å²) in [4.78, 5) is 4.14. The average molecular weight is 185 g/mol. The van der Waals surface area contributed by atoms with Gasteiger partial charge in [0.1, 0.15) is 0 Å². The molecule has 0 saturated heterocycles. The van der Waals surface area contributed by atoms with Gasteiger partial charge in [0.2, 0.25) is 5.71 Å². The van der Waals surface area contributed by atoms with Gasteiger partial charge in [-0.15, -0.1) is 0 Å². The van der Waals surface area contributed by atoms with E-state index in [2.05, 4.69) is 15.2 Å². The van der Waals surface area contributed by atoms with Crippen LogP contribution in [0.2, 0.25) is 0 Å². The zero-order chi connectivity index (χ0) is 9.54. The first-order valence-corrected chi connectivity index (χ1v) is 4.32. The van der Waals surface area contributed by atoms with Gasteiger partial charge in [-0.05, 0) is 19.1 Å². The molecular formula is C10H7N3O. The molecule has 0 bridgehead atoms. The van der Waals surface area contributed by atoms with E-state index >= 15 is 0 Å². The second-order valence-corrected chi connectivity index (χ2v) is 3.13. The monoisotopic (exact) mass is 185 g/mol. The molecular weight excluding hydrogens is 178 g/mol. The van der Waals surface area contributed by atoms with Gasteiger partial charge in [0.25, 0.3) is 0 Å². The van der Waals surface area contributed by atoms with Gasteiger partial charge in [0, 0.05) is 6.20 Å². The molecule has 3 rings (SSSR count). The van der Waals surface area contributed by atoms with Crippen LogP contribution in [-0.2, 0) is 0 Å². The molecule has 4 heteroatoms. The Balaban J connectivity index is 2.65. The minimum Gasteiger partial charge on any atom is -0.436 e. The fraction of sp³-hybridized carbons (Fsp3) is 0.100. The zero-order valence-corrected chi connectivity index (χ0v) is 7.56. The van der Waals surface area contributed by atoms with Gasteiger partial charge in [0.15, 0.2) is 5.58 Å². The maximum Gasteiger partial charge on any atom is 0.227 e. The highest BCUT2D eigenvalue weighted by molar-refractivity contribution is 6.04. The van der Waals surface area contributed by atoms with Crippen LogP contribution in [0.4, 0.5) is 0 Å². The van der Waals surface area contributed by atoms with Crippen LogP contribution < -0.4 is 0 Å². The minimum atomic E-state index is 0.639. The number of pyridine rings is 1. The molecule has 3 aromatic heterocycles. The number of hydrogen-bond acceptors (Lipinski definition) is 4. The Morgan fingerprint density at radius 1 is 1.36 bits per heavy atom. The van der Waals surface area contributed by atoms with Crippen molar-refractivity contribution >= 4 is 22.1 Å². The van der Waals surface area contributed by atoms with E-state index in [0.29, 0.717) is 5.71 Å². The number of aryl methyl sites for hydroxylation is 1.